The van der Waals surface area contributed by atoms with Gasteiger partial charge in [0.1, 0.15) is 11.5 Å². The first-order valence-electron chi connectivity index (χ1n) is 4.36. The van der Waals surface area contributed by atoms with Gasteiger partial charge in [0.15, 0.2) is 0 Å². The second-order valence-electron chi connectivity index (χ2n) is 3.26. The zero-order chi connectivity index (χ0) is 10.4. The molecule has 0 aliphatic rings. The predicted molar refractivity (Wildman–Crippen MR) is 53.0 cm³/mol. The van der Waals surface area contributed by atoms with Gasteiger partial charge >= 0.3 is 0 Å². The van der Waals surface area contributed by atoms with Crippen molar-refractivity contribution in [2.75, 3.05) is 0 Å². The molecular formula is C10H6FN3O. The van der Waals surface area contributed by atoms with E-state index in [0.29, 0.717) is 16.4 Å². The molecule has 0 aromatic carbocycles. The Morgan fingerprint density at radius 2 is 2.00 bits per heavy atom. The molecule has 0 aliphatic carbocycles. The lowest BCUT2D eigenvalue weighted by Gasteiger charge is -1.91. The molecule has 0 atom stereocenters. The van der Waals surface area contributed by atoms with E-state index in [2.05, 4.69) is 15.0 Å². The van der Waals surface area contributed by atoms with Crippen molar-refractivity contribution in [3.05, 3.63) is 30.3 Å². The largest absolute Gasteiger partial charge is 0.493 e. The third-order valence-electron chi connectivity index (χ3n) is 2.29. The van der Waals surface area contributed by atoms with Gasteiger partial charge < -0.3 is 10.1 Å². The van der Waals surface area contributed by atoms with E-state index in [-0.39, 0.29) is 5.88 Å². The first-order chi connectivity index (χ1) is 7.24. The molecule has 0 saturated carbocycles. The maximum Gasteiger partial charge on any atom is 0.211 e. The van der Waals surface area contributed by atoms with Gasteiger partial charge in [0.05, 0.1) is 17.9 Å². The Bertz CT molecular complexity index is 606. The summed E-state index contributed by atoms with van der Waals surface area (Å²) in [6.45, 7) is 0. The number of hydrogen-bond acceptors (Lipinski definition) is 3. The Labute approximate surface area is 83.4 Å². The molecule has 15 heavy (non-hydrogen) atoms. The van der Waals surface area contributed by atoms with Crippen molar-refractivity contribution in [2.45, 2.75) is 0 Å². The number of rotatable bonds is 0. The quantitative estimate of drug-likeness (QED) is 0.587. The molecule has 3 aromatic heterocycles. The van der Waals surface area contributed by atoms with Crippen LogP contribution in [0.5, 0.6) is 5.88 Å². The summed E-state index contributed by atoms with van der Waals surface area (Å²) in [7, 11) is 0. The summed E-state index contributed by atoms with van der Waals surface area (Å²) >= 11 is 0. The average Bonchev–Trinajstić information content (AvgIpc) is 2.56. The van der Waals surface area contributed by atoms with E-state index in [9.17, 15) is 9.50 Å². The number of halogens is 1. The zero-order valence-electron chi connectivity index (χ0n) is 7.53. The minimum Gasteiger partial charge on any atom is -0.493 e. The monoisotopic (exact) mass is 203 g/mol. The molecule has 0 saturated heterocycles. The Balaban J connectivity index is 2.55. The molecule has 3 heterocycles. The van der Waals surface area contributed by atoms with Crippen molar-refractivity contribution in [1.82, 2.24) is 15.0 Å². The minimum atomic E-state index is -0.403. The number of aromatic nitrogens is 3. The molecule has 0 unspecified atom stereocenters. The van der Waals surface area contributed by atoms with Crippen LogP contribution in [0.4, 0.5) is 4.39 Å². The fourth-order valence-corrected chi connectivity index (χ4v) is 1.64. The molecule has 5 heteroatoms. The van der Waals surface area contributed by atoms with Crippen LogP contribution in [0.25, 0.3) is 21.9 Å². The van der Waals surface area contributed by atoms with Crippen LogP contribution in [0.2, 0.25) is 0 Å². The number of aromatic amines is 1. The van der Waals surface area contributed by atoms with E-state index in [0.717, 1.165) is 11.7 Å². The van der Waals surface area contributed by atoms with E-state index in [1.165, 1.54) is 18.3 Å². The summed E-state index contributed by atoms with van der Waals surface area (Å²) in [5, 5.41) is 10.6. The van der Waals surface area contributed by atoms with E-state index in [1.807, 2.05) is 0 Å². The maximum absolute atomic E-state index is 13.0. The van der Waals surface area contributed by atoms with Crippen molar-refractivity contribution in [1.29, 1.82) is 0 Å². The number of pyridine rings is 2. The van der Waals surface area contributed by atoms with Gasteiger partial charge in [0.25, 0.3) is 0 Å². The highest BCUT2D eigenvalue weighted by Gasteiger charge is 2.07. The van der Waals surface area contributed by atoms with Gasteiger partial charge in [0, 0.05) is 16.8 Å². The molecule has 0 bridgehead atoms. The molecule has 3 rings (SSSR count). The number of nitrogens with zero attached hydrogens (tertiary/aromatic N) is 2. The highest BCUT2D eigenvalue weighted by Crippen LogP contribution is 2.25. The lowest BCUT2D eigenvalue weighted by Crippen LogP contribution is -1.78. The molecule has 2 N–H and O–H groups in total. The molecule has 0 amide bonds. The molecule has 3 aromatic rings. The zero-order valence-corrected chi connectivity index (χ0v) is 7.53. The highest BCUT2D eigenvalue weighted by molar-refractivity contribution is 6.05. The van der Waals surface area contributed by atoms with Crippen molar-refractivity contribution in [3.8, 4) is 5.88 Å². The van der Waals surface area contributed by atoms with Crippen LogP contribution in [0, 0.1) is 5.82 Å². The summed E-state index contributed by atoms with van der Waals surface area (Å²) in [5.74, 6) is -0.493. The van der Waals surface area contributed by atoms with Gasteiger partial charge in [-0.3, -0.25) is 0 Å². The van der Waals surface area contributed by atoms with E-state index in [1.54, 1.807) is 0 Å². The van der Waals surface area contributed by atoms with Gasteiger partial charge in [-0.15, -0.1) is 0 Å². The summed E-state index contributed by atoms with van der Waals surface area (Å²) in [4.78, 5) is 10.6. The second-order valence-corrected chi connectivity index (χ2v) is 3.26. The van der Waals surface area contributed by atoms with Crippen molar-refractivity contribution in [2.24, 2.45) is 0 Å². The molecule has 0 aliphatic heterocycles. The Morgan fingerprint density at radius 3 is 2.87 bits per heavy atom. The molecule has 4 nitrogen and oxygen atoms in total. The summed E-state index contributed by atoms with van der Waals surface area (Å²) < 4.78 is 13.0. The molecular weight excluding hydrogens is 197 g/mol. The van der Waals surface area contributed by atoms with E-state index in [4.69, 9.17) is 0 Å². The highest BCUT2D eigenvalue weighted by atomic mass is 19.1. The normalized spacial score (nSPS) is 11.3. The Hall–Kier alpha value is -2.17. The van der Waals surface area contributed by atoms with Crippen LogP contribution in [0.15, 0.2) is 24.5 Å². The molecule has 0 radical (unpaired) electrons. The average molecular weight is 203 g/mol. The number of aromatic hydroxyl groups is 1. The van der Waals surface area contributed by atoms with Gasteiger partial charge in [-0.1, -0.05) is 0 Å². The van der Waals surface area contributed by atoms with Gasteiger partial charge in [0.2, 0.25) is 5.88 Å². The van der Waals surface area contributed by atoms with E-state index < -0.39 is 5.82 Å². The number of hydrogen-bond donors (Lipinski definition) is 2. The Morgan fingerprint density at radius 1 is 1.13 bits per heavy atom. The SMILES string of the molecule is Oc1cc2c(cn1)[nH]c1ncc(F)cc12. The summed E-state index contributed by atoms with van der Waals surface area (Å²) in [5.41, 5.74) is 1.31. The number of fused-ring (bicyclic) bond motifs is 3. The maximum atomic E-state index is 13.0. The summed E-state index contributed by atoms with van der Waals surface area (Å²) in [6, 6.07) is 2.86. The smallest absolute Gasteiger partial charge is 0.211 e. The van der Waals surface area contributed by atoms with Crippen LogP contribution < -0.4 is 0 Å². The summed E-state index contributed by atoms with van der Waals surface area (Å²) in [6.07, 6.45) is 2.63. The van der Waals surface area contributed by atoms with Gasteiger partial charge in [-0.2, -0.15) is 0 Å². The second kappa shape index (κ2) is 2.66. The third-order valence-corrected chi connectivity index (χ3v) is 2.29. The molecule has 0 spiro atoms. The standard InChI is InChI=1S/C10H6FN3O/c11-5-1-7-6-2-9(15)12-4-8(6)14-10(7)13-3-5/h1-4H,(H,12,15)(H,13,14). The first-order valence-corrected chi connectivity index (χ1v) is 4.36. The van der Waals surface area contributed by atoms with Crippen molar-refractivity contribution >= 4 is 21.9 Å². The van der Waals surface area contributed by atoms with E-state index >= 15 is 0 Å². The fraction of sp³-hybridized carbons (Fsp3) is 0. The Kier molecular flexibility index (Phi) is 1.45. The van der Waals surface area contributed by atoms with Crippen LogP contribution >= 0.6 is 0 Å². The lowest BCUT2D eigenvalue weighted by atomic mass is 10.2. The van der Waals surface area contributed by atoms with Gasteiger partial charge in [-0.05, 0) is 6.07 Å². The molecule has 74 valence electrons. The van der Waals surface area contributed by atoms with Crippen molar-refractivity contribution in [3.63, 3.8) is 0 Å². The topological polar surface area (TPSA) is 61.8 Å². The van der Waals surface area contributed by atoms with Crippen molar-refractivity contribution < 1.29 is 9.50 Å². The van der Waals surface area contributed by atoms with Crippen LogP contribution in [0.1, 0.15) is 0 Å². The number of H-pyrrole nitrogens is 1. The van der Waals surface area contributed by atoms with Gasteiger partial charge in [-0.25, -0.2) is 14.4 Å². The first kappa shape index (κ1) is 8.16. The van der Waals surface area contributed by atoms with Crippen LogP contribution in [0.3, 0.4) is 0 Å². The fourth-order valence-electron chi connectivity index (χ4n) is 1.64. The third kappa shape index (κ3) is 1.13. The predicted octanol–water partition coefficient (Wildman–Crippen LogP) is 1.96. The van der Waals surface area contributed by atoms with Crippen LogP contribution in [-0.2, 0) is 0 Å². The number of nitrogens with one attached hydrogen (secondary N) is 1. The lowest BCUT2D eigenvalue weighted by molar-refractivity contribution is 0.454. The molecule has 0 fully saturated rings. The van der Waals surface area contributed by atoms with Crippen LogP contribution in [-0.4, -0.2) is 20.1 Å². The minimum absolute atomic E-state index is 0.0901.